The molecule has 2 aromatic rings. The van der Waals surface area contributed by atoms with Crippen LogP contribution in [0, 0.1) is 0 Å². The summed E-state index contributed by atoms with van der Waals surface area (Å²) in [6.45, 7) is 0. The lowest BCUT2D eigenvalue weighted by Crippen LogP contribution is -1.82. The van der Waals surface area contributed by atoms with Gasteiger partial charge in [-0.1, -0.05) is 0 Å². The molecule has 0 atom stereocenters. The van der Waals surface area contributed by atoms with E-state index in [4.69, 9.17) is 5.73 Å². The van der Waals surface area contributed by atoms with E-state index in [1.54, 1.807) is 11.3 Å². The lowest BCUT2D eigenvalue weighted by Gasteiger charge is -1.92. The highest BCUT2D eigenvalue weighted by Gasteiger charge is 2.02. The van der Waals surface area contributed by atoms with Crippen molar-refractivity contribution in [3.63, 3.8) is 0 Å². The van der Waals surface area contributed by atoms with Gasteiger partial charge in [0.2, 0.25) is 0 Å². The zero-order valence-electron chi connectivity index (χ0n) is 5.87. The van der Waals surface area contributed by atoms with Gasteiger partial charge in [0, 0.05) is 6.20 Å². The van der Waals surface area contributed by atoms with E-state index in [9.17, 15) is 0 Å². The second-order valence-electron chi connectivity index (χ2n) is 2.29. The van der Waals surface area contributed by atoms with Crippen LogP contribution in [0.5, 0.6) is 0 Å². The zero-order chi connectivity index (χ0) is 7.68. The van der Waals surface area contributed by atoms with Gasteiger partial charge >= 0.3 is 0 Å². The molecule has 0 aliphatic heterocycles. The first-order valence-corrected chi connectivity index (χ1v) is 4.22. The van der Waals surface area contributed by atoms with Crippen molar-refractivity contribution < 1.29 is 0 Å². The van der Waals surface area contributed by atoms with Crippen LogP contribution >= 0.6 is 11.3 Å². The SMILES string of the molecule is Nc1ccsc1-c1ccc[nH]1. The van der Waals surface area contributed by atoms with Crippen LogP contribution in [0.25, 0.3) is 10.6 Å². The summed E-state index contributed by atoms with van der Waals surface area (Å²) in [6, 6.07) is 5.90. The van der Waals surface area contributed by atoms with Crippen LogP contribution in [0.2, 0.25) is 0 Å². The average molecular weight is 164 g/mol. The first-order chi connectivity index (χ1) is 5.38. The summed E-state index contributed by atoms with van der Waals surface area (Å²) in [6.07, 6.45) is 1.90. The molecular weight excluding hydrogens is 156 g/mol. The average Bonchev–Trinajstić information content (AvgIpc) is 2.55. The highest BCUT2D eigenvalue weighted by Crippen LogP contribution is 2.29. The predicted molar refractivity (Wildman–Crippen MR) is 48.5 cm³/mol. The monoisotopic (exact) mass is 164 g/mol. The molecule has 2 nitrogen and oxygen atoms in total. The number of nitrogens with two attached hydrogens (primary N) is 1. The fourth-order valence-electron chi connectivity index (χ4n) is 1.01. The van der Waals surface area contributed by atoms with Crippen molar-refractivity contribution in [3.8, 4) is 10.6 Å². The Bertz CT molecular complexity index is 335. The largest absolute Gasteiger partial charge is 0.397 e. The molecular formula is C8H8N2S. The van der Waals surface area contributed by atoms with Crippen molar-refractivity contribution in [1.29, 1.82) is 0 Å². The van der Waals surface area contributed by atoms with Crippen molar-refractivity contribution in [2.24, 2.45) is 0 Å². The van der Waals surface area contributed by atoms with Crippen LogP contribution in [-0.4, -0.2) is 4.98 Å². The van der Waals surface area contributed by atoms with E-state index in [0.717, 1.165) is 16.3 Å². The van der Waals surface area contributed by atoms with Gasteiger partial charge in [0.05, 0.1) is 16.3 Å². The third kappa shape index (κ3) is 1.03. The molecule has 0 saturated heterocycles. The second-order valence-corrected chi connectivity index (χ2v) is 3.20. The molecule has 0 amide bonds. The number of hydrogen-bond donors (Lipinski definition) is 2. The molecule has 56 valence electrons. The van der Waals surface area contributed by atoms with Crippen molar-refractivity contribution in [2.45, 2.75) is 0 Å². The first kappa shape index (κ1) is 6.49. The van der Waals surface area contributed by atoms with Gasteiger partial charge in [-0.05, 0) is 23.6 Å². The standard InChI is InChI=1S/C8H8N2S/c9-6-3-5-11-8(6)7-2-1-4-10-7/h1-5,10H,9H2. The number of hydrogen-bond acceptors (Lipinski definition) is 2. The zero-order valence-corrected chi connectivity index (χ0v) is 6.69. The Kier molecular flexibility index (Phi) is 1.43. The predicted octanol–water partition coefficient (Wildman–Crippen LogP) is 2.33. The molecule has 0 bridgehead atoms. The molecule has 0 aliphatic rings. The van der Waals surface area contributed by atoms with Gasteiger partial charge < -0.3 is 10.7 Å². The van der Waals surface area contributed by atoms with E-state index < -0.39 is 0 Å². The summed E-state index contributed by atoms with van der Waals surface area (Å²) < 4.78 is 0. The molecule has 2 aromatic heterocycles. The maximum atomic E-state index is 5.72. The lowest BCUT2D eigenvalue weighted by atomic mass is 10.3. The maximum absolute atomic E-state index is 5.72. The Labute approximate surface area is 68.7 Å². The second kappa shape index (κ2) is 2.43. The van der Waals surface area contributed by atoms with Crippen LogP contribution in [-0.2, 0) is 0 Å². The highest BCUT2D eigenvalue weighted by molar-refractivity contribution is 7.14. The van der Waals surface area contributed by atoms with E-state index in [-0.39, 0.29) is 0 Å². The molecule has 3 N–H and O–H groups in total. The molecule has 11 heavy (non-hydrogen) atoms. The molecule has 0 aromatic carbocycles. The summed E-state index contributed by atoms with van der Waals surface area (Å²) in [5.74, 6) is 0. The van der Waals surface area contributed by atoms with Crippen molar-refractivity contribution in [3.05, 3.63) is 29.8 Å². The molecule has 0 saturated carbocycles. The fraction of sp³-hybridized carbons (Fsp3) is 0. The molecule has 0 radical (unpaired) electrons. The Morgan fingerprint density at radius 2 is 2.27 bits per heavy atom. The molecule has 0 spiro atoms. The van der Waals surface area contributed by atoms with Crippen LogP contribution in [0.3, 0.4) is 0 Å². The number of rotatable bonds is 1. The van der Waals surface area contributed by atoms with Crippen LogP contribution < -0.4 is 5.73 Å². The summed E-state index contributed by atoms with van der Waals surface area (Å²) in [5, 5.41) is 1.99. The minimum atomic E-state index is 0.845. The Morgan fingerprint density at radius 3 is 2.82 bits per heavy atom. The molecule has 0 unspecified atom stereocenters. The number of anilines is 1. The van der Waals surface area contributed by atoms with Gasteiger partial charge in [-0.25, -0.2) is 0 Å². The molecule has 2 rings (SSSR count). The van der Waals surface area contributed by atoms with Gasteiger partial charge in [-0.3, -0.25) is 0 Å². The van der Waals surface area contributed by atoms with Gasteiger partial charge in [0.15, 0.2) is 0 Å². The first-order valence-electron chi connectivity index (χ1n) is 3.34. The smallest absolute Gasteiger partial charge is 0.0734 e. The number of aromatic amines is 1. The number of aromatic nitrogens is 1. The van der Waals surface area contributed by atoms with E-state index in [1.165, 1.54) is 0 Å². The number of nitrogen functional groups attached to an aromatic ring is 1. The fourth-order valence-corrected chi connectivity index (χ4v) is 1.82. The van der Waals surface area contributed by atoms with Crippen molar-refractivity contribution >= 4 is 17.0 Å². The summed E-state index contributed by atoms with van der Waals surface area (Å²) in [4.78, 5) is 4.23. The Morgan fingerprint density at radius 1 is 1.36 bits per heavy atom. The molecule has 2 heterocycles. The number of H-pyrrole nitrogens is 1. The Hall–Kier alpha value is -1.22. The van der Waals surface area contributed by atoms with Crippen molar-refractivity contribution in [2.75, 3.05) is 5.73 Å². The molecule has 0 aliphatic carbocycles. The summed E-state index contributed by atoms with van der Waals surface area (Å²) in [7, 11) is 0. The molecule has 0 fully saturated rings. The van der Waals surface area contributed by atoms with Gasteiger partial charge in [-0.2, -0.15) is 0 Å². The third-order valence-electron chi connectivity index (χ3n) is 1.54. The molecule has 3 heteroatoms. The van der Waals surface area contributed by atoms with E-state index >= 15 is 0 Å². The topological polar surface area (TPSA) is 41.8 Å². The van der Waals surface area contributed by atoms with Crippen LogP contribution in [0.1, 0.15) is 0 Å². The quantitative estimate of drug-likeness (QED) is 0.667. The normalized spacial score (nSPS) is 10.2. The van der Waals surface area contributed by atoms with E-state index in [1.807, 2.05) is 29.8 Å². The minimum absolute atomic E-state index is 0.845. The Balaban J connectivity index is 2.53. The van der Waals surface area contributed by atoms with E-state index in [2.05, 4.69) is 4.98 Å². The number of thiophene rings is 1. The van der Waals surface area contributed by atoms with Crippen LogP contribution in [0.4, 0.5) is 5.69 Å². The lowest BCUT2D eigenvalue weighted by molar-refractivity contribution is 1.42. The van der Waals surface area contributed by atoms with Crippen LogP contribution in [0.15, 0.2) is 29.8 Å². The van der Waals surface area contributed by atoms with Gasteiger partial charge in [-0.15, -0.1) is 11.3 Å². The van der Waals surface area contributed by atoms with E-state index in [0.29, 0.717) is 0 Å². The van der Waals surface area contributed by atoms with Crippen molar-refractivity contribution in [1.82, 2.24) is 4.98 Å². The third-order valence-corrected chi connectivity index (χ3v) is 2.50. The maximum Gasteiger partial charge on any atom is 0.0734 e. The van der Waals surface area contributed by atoms with Gasteiger partial charge in [0.1, 0.15) is 0 Å². The summed E-state index contributed by atoms with van der Waals surface area (Å²) >= 11 is 1.65. The number of nitrogens with one attached hydrogen (secondary N) is 1. The summed E-state index contributed by atoms with van der Waals surface area (Å²) in [5.41, 5.74) is 7.66. The minimum Gasteiger partial charge on any atom is -0.397 e. The highest BCUT2D eigenvalue weighted by atomic mass is 32.1. The van der Waals surface area contributed by atoms with Gasteiger partial charge in [0.25, 0.3) is 0 Å².